The molecule has 2 aliphatic rings. The fourth-order valence-corrected chi connectivity index (χ4v) is 9.57. The van der Waals surface area contributed by atoms with Gasteiger partial charge in [-0.05, 0) is 55.6 Å². The number of aryl methyl sites for hydroxylation is 1. The predicted octanol–water partition coefficient (Wildman–Crippen LogP) is 2.62. The zero-order chi connectivity index (χ0) is 22.8. The zero-order valence-electron chi connectivity index (χ0n) is 18.5. The SMILES string of the molecule is CCc1ccc(S(=O)(=O)[C@H]2CS(=O)(=O)C[C@@H]2NCC(c2ccccc2)N2CCCC2)cc1. The van der Waals surface area contributed by atoms with Crippen molar-refractivity contribution in [2.45, 2.75) is 48.4 Å². The van der Waals surface area contributed by atoms with Gasteiger partial charge in [0, 0.05) is 18.6 Å². The number of nitrogens with zero attached hydrogens (tertiary/aromatic N) is 1. The van der Waals surface area contributed by atoms with Gasteiger partial charge >= 0.3 is 0 Å². The maximum absolute atomic E-state index is 13.4. The van der Waals surface area contributed by atoms with Crippen LogP contribution < -0.4 is 5.32 Å². The van der Waals surface area contributed by atoms with E-state index in [1.807, 2.05) is 25.1 Å². The second kappa shape index (κ2) is 9.63. The maximum Gasteiger partial charge on any atom is 0.183 e. The van der Waals surface area contributed by atoms with E-state index in [2.05, 4.69) is 22.3 Å². The molecule has 1 N–H and O–H groups in total. The minimum atomic E-state index is -3.77. The van der Waals surface area contributed by atoms with Crippen LogP contribution in [0.2, 0.25) is 0 Å². The Morgan fingerprint density at radius 3 is 2.28 bits per heavy atom. The van der Waals surface area contributed by atoms with Crippen molar-refractivity contribution in [1.82, 2.24) is 10.2 Å². The fourth-order valence-electron chi connectivity index (χ4n) is 4.85. The molecule has 0 saturated carbocycles. The molecule has 0 amide bonds. The molecule has 0 radical (unpaired) electrons. The molecule has 8 heteroatoms. The Morgan fingerprint density at radius 1 is 1.00 bits per heavy atom. The summed E-state index contributed by atoms with van der Waals surface area (Å²) in [5, 5.41) is 2.38. The highest BCUT2D eigenvalue weighted by Gasteiger charge is 2.46. The maximum atomic E-state index is 13.4. The van der Waals surface area contributed by atoms with Gasteiger partial charge in [0.25, 0.3) is 0 Å². The van der Waals surface area contributed by atoms with Crippen molar-refractivity contribution in [1.29, 1.82) is 0 Å². The molecule has 2 fully saturated rings. The summed E-state index contributed by atoms with van der Waals surface area (Å²) in [5.41, 5.74) is 2.21. The summed E-state index contributed by atoms with van der Waals surface area (Å²) >= 11 is 0. The molecule has 4 rings (SSSR count). The van der Waals surface area contributed by atoms with E-state index >= 15 is 0 Å². The molecule has 0 aromatic heterocycles. The Labute approximate surface area is 191 Å². The molecule has 32 heavy (non-hydrogen) atoms. The number of rotatable bonds is 8. The van der Waals surface area contributed by atoms with Gasteiger partial charge in [-0.1, -0.05) is 49.4 Å². The van der Waals surface area contributed by atoms with Crippen molar-refractivity contribution in [3.05, 3.63) is 65.7 Å². The topological polar surface area (TPSA) is 83.5 Å². The van der Waals surface area contributed by atoms with Gasteiger partial charge in [-0.2, -0.15) is 0 Å². The Kier molecular flexibility index (Phi) is 7.05. The highest BCUT2D eigenvalue weighted by atomic mass is 32.2. The summed E-state index contributed by atoms with van der Waals surface area (Å²) in [7, 11) is -7.21. The third kappa shape index (κ3) is 5.09. The van der Waals surface area contributed by atoms with Crippen LogP contribution in [0.25, 0.3) is 0 Å². The molecule has 2 heterocycles. The molecule has 0 spiro atoms. The molecule has 6 nitrogen and oxygen atoms in total. The van der Waals surface area contributed by atoms with Gasteiger partial charge in [0.05, 0.1) is 21.7 Å². The first-order valence-corrected chi connectivity index (χ1v) is 14.7. The zero-order valence-corrected chi connectivity index (χ0v) is 20.1. The third-order valence-electron chi connectivity index (χ3n) is 6.70. The second-order valence-corrected chi connectivity index (χ2v) is 13.2. The van der Waals surface area contributed by atoms with E-state index in [-0.39, 0.29) is 22.4 Å². The first-order valence-electron chi connectivity index (χ1n) is 11.4. The van der Waals surface area contributed by atoms with E-state index in [0.29, 0.717) is 6.54 Å². The van der Waals surface area contributed by atoms with Gasteiger partial charge in [-0.3, -0.25) is 4.90 Å². The predicted molar refractivity (Wildman–Crippen MR) is 127 cm³/mol. The minimum absolute atomic E-state index is 0.0918. The molecule has 1 unspecified atom stereocenters. The summed E-state index contributed by atoms with van der Waals surface area (Å²) in [4.78, 5) is 2.60. The Hall–Kier alpha value is -1.74. The summed E-state index contributed by atoms with van der Waals surface area (Å²) in [6.45, 7) is 4.52. The lowest BCUT2D eigenvalue weighted by Gasteiger charge is -2.30. The lowest BCUT2D eigenvalue weighted by molar-refractivity contribution is 0.234. The van der Waals surface area contributed by atoms with Gasteiger partial charge < -0.3 is 5.32 Å². The minimum Gasteiger partial charge on any atom is -0.310 e. The van der Waals surface area contributed by atoms with Crippen LogP contribution >= 0.6 is 0 Å². The lowest BCUT2D eigenvalue weighted by atomic mass is 10.0. The molecule has 174 valence electrons. The average molecular weight is 477 g/mol. The third-order valence-corrected chi connectivity index (χ3v) is 10.9. The summed E-state index contributed by atoms with van der Waals surface area (Å²) < 4.78 is 51.7. The van der Waals surface area contributed by atoms with Crippen molar-refractivity contribution in [3.63, 3.8) is 0 Å². The van der Waals surface area contributed by atoms with E-state index in [9.17, 15) is 16.8 Å². The molecule has 2 aromatic carbocycles. The molecule has 2 saturated heterocycles. The quantitative estimate of drug-likeness (QED) is 0.631. The van der Waals surface area contributed by atoms with Crippen LogP contribution in [0.5, 0.6) is 0 Å². The largest absolute Gasteiger partial charge is 0.310 e. The number of benzene rings is 2. The van der Waals surface area contributed by atoms with E-state index in [1.54, 1.807) is 24.3 Å². The van der Waals surface area contributed by atoms with Gasteiger partial charge in [-0.15, -0.1) is 0 Å². The molecular formula is C24H32N2O4S2. The Morgan fingerprint density at radius 2 is 1.66 bits per heavy atom. The van der Waals surface area contributed by atoms with Crippen LogP contribution in [0.15, 0.2) is 59.5 Å². The normalized spacial score (nSPS) is 24.5. The van der Waals surface area contributed by atoms with Crippen molar-refractivity contribution in [2.75, 3.05) is 31.1 Å². The van der Waals surface area contributed by atoms with E-state index in [1.165, 1.54) is 0 Å². The molecule has 0 aliphatic carbocycles. The molecular weight excluding hydrogens is 444 g/mol. The van der Waals surface area contributed by atoms with E-state index in [4.69, 9.17) is 0 Å². The van der Waals surface area contributed by atoms with Gasteiger partial charge in [-0.25, -0.2) is 16.8 Å². The summed E-state index contributed by atoms with van der Waals surface area (Å²) in [6, 6.07) is 16.4. The van der Waals surface area contributed by atoms with E-state index < -0.39 is 31.0 Å². The van der Waals surface area contributed by atoms with Crippen LogP contribution in [0, 0.1) is 0 Å². The lowest BCUT2D eigenvalue weighted by Crippen LogP contribution is -2.46. The Bertz CT molecular complexity index is 1110. The standard InChI is InChI=1S/C24H32N2O4S2/c1-2-19-10-12-21(13-11-19)32(29,30)24-18-31(27,28)17-22(24)25-16-23(26-14-6-7-15-26)20-8-4-3-5-9-20/h3-5,8-13,22-25H,2,6-7,14-18H2,1H3/t22-,23?,24-/m0/s1. The van der Waals surface area contributed by atoms with Crippen LogP contribution in [-0.2, 0) is 26.1 Å². The van der Waals surface area contributed by atoms with Gasteiger partial charge in [0.2, 0.25) is 0 Å². The van der Waals surface area contributed by atoms with Crippen molar-refractivity contribution >= 4 is 19.7 Å². The van der Waals surface area contributed by atoms with Crippen LogP contribution in [0.4, 0.5) is 0 Å². The van der Waals surface area contributed by atoms with Gasteiger partial charge in [0.15, 0.2) is 19.7 Å². The first kappa shape index (κ1) is 23.4. The van der Waals surface area contributed by atoms with Crippen molar-refractivity contribution in [2.24, 2.45) is 0 Å². The molecule has 2 aliphatic heterocycles. The first-order chi connectivity index (χ1) is 15.3. The van der Waals surface area contributed by atoms with Crippen LogP contribution in [0.3, 0.4) is 0 Å². The van der Waals surface area contributed by atoms with Crippen LogP contribution in [-0.4, -0.2) is 64.2 Å². The monoisotopic (exact) mass is 476 g/mol. The highest BCUT2D eigenvalue weighted by Crippen LogP contribution is 2.29. The number of nitrogens with one attached hydrogen (secondary N) is 1. The highest BCUT2D eigenvalue weighted by molar-refractivity contribution is 7.96. The van der Waals surface area contributed by atoms with Crippen molar-refractivity contribution in [3.8, 4) is 0 Å². The molecule has 0 bridgehead atoms. The van der Waals surface area contributed by atoms with Crippen molar-refractivity contribution < 1.29 is 16.8 Å². The number of likely N-dealkylation sites (tertiary alicyclic amines) is 1. The number of sulfone groups is 2. The average Bonchev–Trinajstić information content (AvgIpc) is 3.43. The smallest absolute Gasteiger partial charge is 0.183 e. The van der Waals surface area contributed by atoms with E-state index in [0.717, 1.165) is 43.5 Å². The van der Waals surface area contributed by atoms with Crippen LogP contribution in [0.1, 0.15) is 36.9 Å². The fraction of sp³-hybridized carbons (Fsp3) is 0.500. The van der Waals surface area contributed by atoms with Gasteiger partial charge in [0.1, 0.15) is 0 Å². The Balaban J connectivity index is 1.56. The summed E-state index contributed by atoms with van der Waals surface area (Å²) in [6.07, 6.45) is 3.11. The number of hydrogen-bond acceptors (Lipinski definition) is 6. The molecule has 3 atom stereocenters. The summed E-state index contributed by atoms with van der Waals surface area (Å²) in [5.74, 6) is -0.478. The number of hydrogen-bond donors (Lipinski definition) is 1. The second-order valence-electron chi connectivity index (χ2n) is 8.84. The molecule has 2 aromatic rings.